The fourth-order valence-electron chi connectivity index (χ4n) is 1.92. The Labute approximate surface area is 105 Å². The van der Waals surface area contributed by atoms with E-state index in [1.54, 1.807) is 6.92 Å². The number of ether oxygens (including phenoxy) is 1. The summed E-state index contributed by atoms with van der Waals surface area (Å²) in [6.07, 6.45) is 0. The van der Waals surface area contributed by atoms with Crippen LogP contribution in [0.2, 0.25) is 0 Å². The first kappa shape index (κ1) is 13.0. The number of carbonyl (C=O) groups excluding carboxylic acids is 1. The Balaban J connectivity index is 1.74. The van der Waals surface area contributed by atoms with Crippen LogP contribution < -0.4 is 5.32 Å². The summed E-state index contributed by atoms with van der Waals surface area (Å²) < 4.78 is 10.2. The van der Waals surface area contributed by atoms with Crippen LogP contribution in [-0.2, 0) is 16.1 Å². The summed E-state index contributed by atoms with van der Waals surface area (Å²) in [6.45, 7) is 6.36. The highest BCUT2D eigenvalue weighted by Gasteiger charge is 2.22. The molecule has 1 amide bonds. The number of aryl methyl sites for hydroxylation is 1. The number of nitrogens with one attached hydrogen (secondary N) is 1. The predicted molar refractivity (Wildman–Crippen MR) is 62.7 cm³/mol. The number of piperazine rings is 1. The van der Waals surface area contributed by atoms with Gasteiger partial charge in [-0.2, -0.15) is 4.98 Å². The Kier molecular flexibility index (Phi) is 4.27. The van der Waals surface area contributed by atoms with E-state index in [1.165, 1.54) is 0 Å². The van der Waals surface area contributed by atoms with Gasteiger partial charge in [0, 0.05) is 25.7 Å². The van der Waals surface area contributed by atoms with Gasteiger partial charge in [-0.1, -0.05) is 5.16 Å². The molecule has 0 aromatic carbocycles. The zero-order valence-electron chi connectivity index (χ0n) is 10.7. The van der Waals surface area contributed by atoms with Gasteiger partial charge in [-0.25, -0.2) is 0 Å². The maximum Gasteiger partial charge on any atom is 0.252 e. The number of hydrogen-bond acceptors (Lipinski definition) is 6. The third-order valence-corrected chi connectivity index (χ3v) is 2.84. The van der Waals surface area contributed by atoms with Crippen molar-refractivity contribution in [1.29, 1.82) is 0 Å². The molecule has 1 saturated heterocycles. The molecule has 2 heterocycles. The minimum Gasteiger partial charge on any atom is -0.362 e. The highest BCUT2D eigenvalue weighted by molar-refractivity contribution is 5.77. The van der Waals surface area contributed by atoms with Crippen LogP contribution in [0, 0.1) is 6.92 Å². The lowest BCUT2D eigenvalue weighted by molar-refractivity contribution is -0.139. The Morgan fingerprint density at radius 1 is 1.67 bits per heavy atom. The number of nitrogens with zero attached hydrogens (tertiary/aromatic N) is 3. The van der Waals surface area contributed by atoms with Gasteiger partial charge in [-0.15, -0.1) is 0 Å². The smallest absolute Gasteiger partial charge is 0.252 e. The molecule has 0 unspecified atom stereocenters. The van der Waals surface area contributed by atoms with E-state index in [9.17, 15) is 4.79 Å². The third kappa shape index (κ3) is 3.27. The highest BCUT2D eigenvalue weighted by Crippen LogP contribution is 2.04. The second-order valence-corrected chi connectivity index (χ2v) is 4.37. The highest BCUT2D eigenvalue weighted by atomic mass is 16.5. The SMILES string of the molecule is Cc1noc(COCC(=O)N2CCNC[C@H]2C)n1. The molecule has 1 atom stereocenters. The van der Waals surface area contributed by atoms with Crippen LogP contribution >= 0.6 is 0 Å². The molecule has 1 aromatic heterocycles. The van der Waals surface area contributed by atoms with Crippen molar-refractivity contribution >= 4 is 5.91 Å². The molecule has 1 aromatic rings. The van der Waals surface area contributed by atoms with E-state index in [2.05, 4.69) is 15.5 Å². The van der Waals surface area contributed by atoms with Crippen molar-refractivity contribution in [3.8, 4) is 0 Å². The van der Waals surface area contributed by atoms with Gasteiger partial charge in [0.25, 0.3) is 5.89 Å². The molecule has 0 saturated carbocycles. The number of hydrogen-bond donors (Lipinski definition) is 1. The monoisotopic (exact) mass is 254 g/mol. The van der Waals surface area contributed by atoms with Gasteiger partial charge < -0.3 is 19.5 Å². The molecule has 18 heavy (non-hydrogen) atoms. The first-order valence-electron chi connectivity index (χ1n) is 6.04. The van der Waals surface area contributed by atoms with E-state index in [1.807, 2.05) is 11.8 Å². The first-order valence-corrected chi connectivity index (χ1v) is 6.04. The summed E-state index contributed by atoms with van der Waals surface area (Å²) in [5, 5.41) is 6.88. The first-order chi connectivity index (χ1) is 8.66. The average molecular weight is 254 g/mol. The summed E-state index contributed by atoms with van der Waals surface area (Å²) in [5.41, 5.74) is 0. The van der Waals surface area contributed by atoms with Crippen molar-refractivity contribution < 1.29 is 14.1 Å². The van der Waals surface area contributed by atoms with Crippen LogP contribution in [0.25, 0.3) is 0 Å². The predicted octanol–water partition coefficient (Wildman–Crippen LogP) is -0.285. The fourth-order valence-corrected chi connectivity index (χ4v) is 1.92. The molecular weight excluding hydrogens is 236 g/mol. The zero-order chi connectivity index (χ0) is 13.0. The normalized spacial score (nSPS) is 20.1. The Morgan fingerprint density at radius 2 is 2.50 bits per heavy atom. The third-order valence-electron chi connectivity index (χ3n) is 2.84. The van der Waals surface area contributed by atoms with Gasteiger partial charge in [0.2, 0.25) is 5.91 Å². The van der Waals surface area contributed by atoms with Crippen molar-refractivity contribution in [3.63, 3.8) is 0 Å². The average Bonchev–Trinajstić information content (AvgIpc) is 2.75. The van der Waals surface area contributed by atoms with E-state index >= 15 is 0 Å². The summed E-state index contributed by atoms with van der Waals surface area (Å²) >= 11 is 0. The molecule has 7 heteroatoms. The Hall–Kier alpha value is -1.47. The second-order valence-electron chi connectivity index (χ2n) is 4.37. The lowest BCUT2D eigenvalue weighted by atomic mass is 10.2. The largest absolute Gasteiger partial charge is 0.362 e. The zero-order valence-corrected chi connectivity index (χ0v) is 10.7. The summed E-state index contributed by atoms with van der Waals surface area (Å²) in [6, 6.07) is 0.209. The van der Waals surface area contributed by atoms with Gasteiger partial charge in [-0.3, -0.25) is 4.79 Å². The number of amides is 1. The summed E-state index contributed by atoms with van der Waals surface area (Å²) in [5.74, 6) is 0.963. The molecule has 0 bridgehead atoms. The van der Waals surface area contributed by atoms with Crippen molar-refractivity contribution in [2.24, 2.45) is 0 Å². The fraction of sp³-hybridized carbons (Fsp3) is 0.727. The van der Waals surface area contributed by atoms with Crippen LogP contribution in [0.4, 0.5) is 0 Å². The van der Waals surface area contributed by atoms with E-state index in [4.69, 9.17) is 9.26 Å². The molecule has 1 fully saturated rings. The summed E-state index contributed by atoms with van der Waals surface area (Å²) in [4.78, 5) is 17.7. The minimum absolute atomic E-state index is 0.000220. The second kappa shape index (κ2) is 5.92. The van der Waals surface area contributed by atoms with Crippen molar-refractivity contribution in [3.05, 3.63) is 11.7 Å². The van der Waals surface area contributed by atoms with E-state index < -0.39 is 0 Å². The van der Waals surface area contributed by atoms with Crippen molar-refractivity contribution in [1.82, 2.24) is 20.4 Å². The van der Waals surface area contributed by atoms with Crippen LogP contribution in [0.3, 0.4) is 0 Å². The van der Waals surface area contributed by atoms with Gasteiger partial charge in [0.1, 0.15) is 13.2 Å². The van der Waals surface area contributed by atoms with E-state index in [-0.39, 0.29) is 25.2 Å². The van der Waals surface area contributed by atoms with Gasteiger partial charge in [0.05, 0.1) is 0 Å². The molecule has 7 nitrogen and oxygen atoms in total. The van der Waals surface area contributed by atoms with E-state index in [0.717, 1.165) is 19.6 Å². The minimum atomic E-state index is 0.000220. The molecule has 0 radical (unpaired) electrons. The van der Waals surface area contributed by atoms with Gasteiger partial charge in [-0.05, 0) is 13.8 Å². The van der Waals surface area contributed by atoms with Crippen LogP contribution in [0.5, 0.6) is 0 Å². The van der Waals surface area contributed by atoms with Crippen LogP contribution in [0.15, 0.2) is 4.52 Å². The lowest BCUT2D eigenvalue weighted by Gasteiger charge is -2.33. The molecule has 1 aliphatic rings. The topological polar surface area (TPSA) is 80.5 Å². The molecule has 100 valence electrons. The lowest BCUT2D eigenvalue weighted by Crippen LogP contribution is -2.53. The van der Waals surface area contributed by atoms with Gasteiger partial charge in [0.15, 0.2) is 5.82 Å². The molecule has 1 N–H and O–H groups in total. The molecule has 2 rings (SSSR count). The van der Waals surface area contributed by atoms with Gasteiger partial charge >= 0.3 is 0 Å². The van der Waals surface area contributed by atoms with E-state index in [0.29, 0.717) is 11.7 Å². The van der Waals surface area contributed by atoms with Crippen LogP contribution in [0.1, 0.15) is 18.6 Å². The standard InChI is InChI=1S/C11H18N4O3/c1-8-5-12-3-4-15(8)11(16)7-17-6-10-13-9(2)14-18-10/h8,12H,3-7H2,1-2H3/t8-/m1/s1. The Bertz CT molecular complexity index is 407. The number of carbonyl (C=O) groups is 1. The maximum absolute atomic E-state index is 11.9. The summed E-state index contributed by atoms with van der Waals surface area (Å²) in [7, 11) is 0. The molecular formula is C11H18N4O3. The van der Waals surface area contributed by atoms with Crippen LogP contribution in [-0.4, -0.2) is 53.2 Å². The molecule has 1 aliphatic heterocycles. The molecule has 0 aliphatic carbocycles. The van der Waals surface area contributed by atoms with Crippen molar-refractivity contribution in [2.45, 2.75) is 26.5 Å². The molecule has 0 spiro atoms. The van der Waals surface area contributed by atoms with Crippen molar-refractivity contribution in [2.75, 3.05) is 26.2 Å². The number of rotatable bonds is 4. The quantitative estimate of drug-likeness (QED) is 0.795. The number of aromatic nitrogens is 2. The Morgan fingerprint density at radius 3 is 3.17 bits per heavy atom. The maximum atomic E-state index is 11.9.